The van der Waals surface area contributed by atoms with Crippen LogP contribution in [0, 0.1) is 0 Å². The molecule has 2 amide bonds. The SMILES string of the molecule is CN(Cc1ccccc1)C(=O)CNC(=O)C1(n2cccn2)CCNCC1. The number of carbonyl (C=O) groups is 2. The van der Waals surface area contributed by atoms with E-state index in [2.05, 4.69) is 15.7 Å². The van der Waals surface area contributed by atoms with Gasteiger partial charge in [0, 0.05) is 26.0 Å². The summed E-state index contributed by atoms with van der Waals surface area (Å²) in [4.78, 5) is 27.0. The van der Waals surface area contributed by atoms with Crippen molar-refractivity contribution in [2.24, 2.45) is 0 Å². The molecular weight excluding hydrogens is 330 g/mol. The lowest BCUT2D eigenvalue weighted by atomic mass is 9.87. The number of amides is 2. The van der Waals surface area contributed by atoms with Crippen molar-refractivity contribution in [3.05, 3.63) is 54.4 Å². The maximum absolute atomic E-state index is 12.9. The fraction of sp³-hybridized carbons (Fsp3) is 0.421. The van der Waals surface area contributed by atoms with Gasteiger partial charge in [0.05, 0.1) is 6.54 Å². The molecule has 0 radical (unpaired) electrons. The van der Waals surface area contributed by atoms with Crippen molar-refractivity contribution in [2.45, 2.75) is 24.9 Å². The first-order chi connectivity index (χ1) is 12.6. The van der Waals surface area contributed by atoms with Crippen LogP contribution in [0.15, 0.2) is 48.8 Å². The third-order valence-corrected chi connectivity index (χ3v) is 4.88. The zero-order chi connectivity index (χ0) is 18.4. The van der Waals surface area contributed by atoms with Crippen LogP contribution in [0.5, 0.6) is 0 Å². The molecule has 0 bridgehead atoms. The molecule has 1 fully saturated rings. The van der Waals surface area contributed by atoms with E-state index in [4.69, 9.17) is 0 Å². The van der Waals surface area contributed by atoms with Crippen LogP contribution in [-0.2, 0) is 21.7 Å². The van der Waals surface area contributed by atoms with Crippen molar-refractivity contribution >= 4 is 11.8 Å². The van der Waals surface area contributed by atoms with E-state index in [0.717, 1.165) is 18.7 Å². The van der Waals surface area contributed by atoms with E-state index in [9.17, 15) is 9.59 Å². The van der Waals surface area contributed by atoms with Gasteiger partial charge in [-0.25, -0.2) is 0 Å². The first-order valence-electron chi connectivity index (χ1n) is 8.89. The average Bonchev–Trinajstić information content (AvgIpc) is 3.22. The number of benzene rings is 1. The molecule has 1 aromatic carbocycles. The van der Waals surface area contributed by atoms with Crippen molar-refractivity contribution < 1.29 is 9.59 Å². The number of piperidine rings is 1. The molecule has 2 N–H and O–H groups in total. The monoisotopic (exact) mass is 355 g/mol. The van der Waals surface area contributed by atoms with Gasteiger partial charge in [-0.3, -0.25) is 14.3 Å². The van der Waals surface area contributed by atoms with Gasteiger partial charge in [0.1, 0.15) is 5.54 Å². The quantitative estimate of drug-likeness (QED) is 0.801. The number of hydrogen-bond acceptors (Lipinski definition) is 4. The van der Waals surface area contributed by atoms with Crippen LogP contribution in [0.1, 0.15) is 18.4 Å². The van der Waals surface area contributed by atoms with Gasteiger partial charge in [-0.05, 0) is 37.6 Å². The molecular formula is C19H25N5O2. The summed E-state index contributed by atoms with van der Waals surface area (Å²) < 4.78 is 1.72. The summed E-state index contributed by atoms with van der Waals surface area (Å²) in [6.07, 6.45) is 4.78. The highest BCUT2D eigenvalue weighted by molar-refractivity contribution is 5.89. The minimum atomic E-state index is -0.729. The summed E-state index contributed by atoms with van der Waals surface area (Å²) in [5.74, 6) is -0.268. The van der Waals surface area contributed by atoms with Gasteiger partial charge >= 0.3 is 0 Å². The van der Waals surface area contributed by atoms with Gasteiger partial charge in [-0.2, -0.15) is 5.10 Å². The number of nitrogens with one attached hydrogen (secondary N) is 2. The third-order valence-electron chi connectivity index (χ3n) is 4.88. The minimum Gasteiger partial charge on any atom is -0.345 e. The molecule has 1 aliphatic rings. The summed E-state index contributed by atoms with van der Waals surface area (Å²) >= 11 is 0. The molecule has 7 heteroatoms. The van der Waals surface area contributed by atoms with E-state index in [1.165, 1.54) is 0 Å². The summed E-state index contributed by atoms with van der Waals surface area (Å²) in [5, 5.41) is 10.4. The van der Waals surface area contributed by atoms with Gasteiger partial charge < -0.3 is 15.5 Å². The molecule has 3 rings (SSSR count). The molecule has 7 nitrogen and oxygen atoms in total. The standard InChI is InChI=1S/C19H25N5O2/c1-23(15-16-6-3-2-4-7-16)17(25)14-21-18(26)19(8-11-20-12-9-19)24-13-5-10-22-24/h2-7,10,13,20H,8-9,11-12,14-15H2,1H3,(H,21,26). The predicted octanol–water partition coefficient (Wildman–Crippen LogP) is 0.737. The molecule has 1 saturated heterocycles. The molecule has 1 aliphatic heterocycles. The Bertz CT molecular complexity index is 724. The van der Waals surface area contributed by atoms with Gasteiger partial charge in [0.2, 0.25) is 11.8 Å². The zero-order valence-corrected chi connectivity index (χ0v) is 15.0. The average molecular weight is 355 g/mol. The fourth-order valence-corrected chi connectivity index (χ4v) is 3.32. The van der Waals surface area contributed by atoms with Crippen LogP contribution in [-0.4, -0.2) is 53.2 Å². The maximum Gasteiger partial charge on any atom is 0.248 e. The van der Waals surface area contributed by atoms with E-state index < -0.39 is 5.54 Å². The second-order valence-corrected chi connectivity index (χ2v) is 6.65. The van der Waals surface area contributed by atoms with Crippen molar-refractivity contribution in [3.63, 3.8) is 0 Å². The molecule has 2 aromatic rings. The Morgan fingerprint density at radius 3 is 2.62 bits per heavy atom. The highest BCUT2D eigenvalue weighted by atomic mass is 16.2. The molecule has 0 atom stereocenters. The summed E-state index contributed by atoms with van der Waals surface area (Å²) in [5.41, 5.74) is 0.327. The van der Waals surface area contributed by atoms with Crippen molar-refractivity contribution in [1.29, 1.82) is 0 Å². The number of nitrogens with zero attached hydrogens (tertiary/aromatic N) is 3. The van der Waals surface area contributed by atoms with Crippen molar-refractivity contribution in [1.82, 2.24) is 25.3 Å². The number of aromatic nitrogens is 2. The topological polar surface area (TPSA) is 79.3 Å². The maximum atomic E-state index is 12.9. The summed E-state index contributed by atoms with van der Waals surface area (Å²) in [6, 6.07) is 11.6. The molecule has 0 spiro atoms. The zero-order valence-electron chi connectivity index (χ0n) is 15.0. The van der Waals surface area contributed by atoms with Gasteiger partial charge in [0.25, 0.3) is 0 Å². The Morgan fingerprint density at radius 2 is 1.96 bits per heavy atom. The molecule has 138 valence electrons. The minimum absolute atomic E-state index is 0.0153. The van der Waals surface area contributed by atoms with Crippen molar-refractivity contribution in [2.75, 3.05) is 26.7 Å². The number of rotatable bonds is 6. The van der Waals surface area contributed by atoms with Crippen LogP contribution in [0.25, 0.3) is 0 Å². The first-order valence-corrected chi connectivity index (χ1v) is 8.89. The highest BCUT2D eigenvalue weighted by Gasteiger charge is 2.42. The van der Waals surface area contributed by atoms with Crippen LogP contribution in [0.3, 0.4) is 0 Å². The van der Waals surface area contributed by atoms with E-state index >= 15 is 0 Å². The number of carbonyl (C=O) groups excluding carboxylic acids is 2. The van der Waals surface area contributed by atoms with Crippen LogP contribution < -0.4 is 10.6 Å². The van der Waals surface area contributed by atoms with Gasteiger partial charge in [0.15, 0.2) is 0 Å². The third kappa shape index (κ3) is 3.94. The van der Waals surface area contributed by atoms with E-state index in [1.54, 1.807) is 22.8 Å². The Morgan fingerprint density at radius 1 is 1.23 bits per heavy atom. The summed E-state index contributed by atoms with van der Waals surface area (Å²) in [7, 11) is 1.75. The Hall–Kier alpha value is -2.67. The predicted molar refractivity (Wildman–Crippen MR) is 98.2 cm³/mol. The Balaban J connectivity index is 1.60. The van der Waals surface area contributed by atoms with E-state index in [1.807, 2.05) is 42.6 Å². The number of likely N-dealkylation sites (N-methyl/N-ethyl adjacent to an activating group) is 1. The second-order valence-electron chi connectivity index (χ2n) is 6.65. The molecule has 0 aliphatic carbocycles. The van der Waals surface area contributed by atoms with Crippen molar-refractivity contribution in [3.8, 4) is 0 Å². The van der Waals surface area contributed by atoms with E-state index in [-0.39, 0.29) is 18.4 Å². The normalized spacial score (nSPS) is 16.0. The number of hydrogen-bond donors (Lipinski definition) is 2. The molecule has 26 heavy (non-hydrogen) atoms. The van der Waals surface area contributed by atoms with Crippen LogP contribution in [0.2, 0.25) is 0 Å². The first kappa shape index (κ1) is 18.1. The van der Waals surface area contributed by atoms with Gasteiger partial charge in [-0.1, -0.05) is 30.3 Å². The lowest BCUT2D eigenvalue weighted by molar-refractivity contribution is -0.136. The van der Waals surface area contributed by atoms with Crippen LogP contribution >= 0.6 is 0 Å². The lowest BCUT2D eigenvalue weighted by Gasteiger charge is -2.36. The Kier molecular flexibility index (Phi) is 5.68. The second kappa shape index (κ2) is 8.14. The molecule has 2 heterocycles. The Labute approximate surface area is 153 Å². The summed E-state index contributed by atoms with van der Waals surface area (Å²) in [6.45, 7) is 1.99. The lowest BCUT2D eigenvalue weighted by Crippen LogP contribution is -2.55. The molecule has 1 aromatic heterocycles. The molecule has 0 saturated carbocycles. The van der Waals surface area contributed by atoms with E-state index in [0.29, 0.717) is 19.4 Å². The largest absolute Gasteiger partial charge is 0.345 e. The smallest absolute Gasteiger partial charge is 0.248 e. The van der Waals surface area contributed by atoms with Gasteiger partial charge in [-0.15, -0.1) is 0 Å². The molecule has 0 unspecified atom stereocenters. The fourth-order valence-electron chi connectivity index (χ4n) is 3.32. The van der Waals surface area contributed by atoms with Crippen LogP contribution in [0.4, 0.5) is 0 Å². The highest BCUT2D eigenvalue weighted by Crippen LogP contribution is 2.27.